The quantitative estimate of drug-likeness (QED) is 0.635. The van der Waals surface area contributed by atoms with Crippen molar-refractivity contribution in [3.8, 4) is 0 Å². The van der Waals surface area contributed by atoms with Gasteiger partial charge in [0.25, 0.3) is 0 Å². The lowest BCUT2D eigenvalue weighted by Crippen LogP contribution is -2.06. The monoisotopic (exact) mass is 290 g/mol. The molecular formula is C10H8BrClO3. The number of ether oxygens (including phenoxy) is 1. The van der Waals surface area contributed by atoms with Gasteiger partial charge in [0.1, 0.15) is 0 Å². The van der Waals surface area contributed by atoms with Crippen LogP contribution in [0, 0.1) is 0 Å². The SMILES string of the molecule is CCOC(=O)c1cc(C=O)c(Br)cc1Cl. The zero-order chi connectivity index (χ0) is 11.4. The van der Waals surface area contributed by atoms with Crippen molar-refractivity contribution in [2.45, 2.75) is 6.92 Å². The van der Waals surface area contributed by atoms with Crippen molar-refractivity contribution < 1.29 is 14.3 Å². The Balaban J connectivity index is 3.18. The maximum Gasteiger partial charge on any atom is 0.339 e. The van der Waals surface area contributed by atoms with E-state index in [2.05, 4.69) is 15.9 Å². The number of hydrogen-bond acceptors (Lipinski definition) is 3. The van der Waals surface area contributed by atoms with Crippen LogP contribution in [-0.4, -0.2) is 18.9 Å². The molecule has 0 saturated heterocycles. The van der Waals surface area contributed by atoms with E-state index in [0.717, 1.165) is 0 Å². The number of esters is 1. The molecule has 0 bridgehead atoms. The fraction of sp³-hybridized carbons (Fsp3) is 0.200. The van der Waals surface area contributed by atoms with Crippen LogP contribution in [0.5, 0.6) is 0 Å². The molecule has 0 N–H and O–H groups in total. The molecule has 0 aliphatic carbocycles. The molecule has 0 saturated carbocycles. The van der Waals surface area contributed by atoms with Gasteiger partial charge in [-0.2, -0.15) is 0 Å². The number of benzene rings is 1. The standard InChI is InChI=1S/C10H8BrClO3/c1-2-15-10(14)7-3-6(5-13)8(11)4-9(7)12/h3-5H,2H2,1H3. The molecule has 0 amide bonds. The lowest BCUT2D eigenvalue weighted by molar-refractivity contribution is 0.0526. The first-order valence-corrected chi connectivity index (χ1v) is 5.38. The first kappa shape index (κ1) is 12.2. The van der Waals surface area contributed by atoms with Crippen LogP contribution >= 0.6 is 27.5 Å². The molecule has 0 aliphatic heterocycles. The Morgan fingerprint density at radius 2 is 2.27 bits per heavy atom. The van der Waals surface area contributed by atoms with Gasteiger partial charge in [0.05, 0.1) is 17.2 Å². The van der Waals surface area contributed by atoms with Crippen molar-refractivity contribution in [1.82, 2.24) is 0 Å². The molecule has 5 heteroatoms. The molecule has 0 aliphatic rings. The summed E-state index contributed by atoms with van der Waals surface area (Å²) in [5.41, 5.74) is 0.561. The van der Waals surface area contributed by atoms with Crippen LogP contribution in [0.25, 0.3) is 0 Å². The normalized spacial score (nSPS) is 9.80. The second-order valence-electron chi connectivity index (χ2n) is 2.69. The van der Waals surface area contributed by atoms with Crippen molar-refractivity contribution in [3.05, 3.63) is 32.8 Å². The summed E-state index contributed by atoms with van der Waals surface area (Å²) >= 11 is 9.00. The Labute approximate surface area is 100 Å². The number of aldehydes is 1. The number of carbonyl (C=O) groups excluding carboxylic acids is 2. The topological polar surface area (TPSA) is 43.4 Å². The second-order valence-corrected chi connectivity index (χ2v) is 3.95. The maximum atomic E-state index is 11.4. The van der Waals surface area contributed by atoms with E-state index >= 15 is 0 Å². The van der Waals surface area contributed by atoms with E-state index in [-0.39, 0.29) is 17.2 Å². The molecule has 0 unspecified atom stereocenters. The van der Waals surface area contributed by atoms with E-state index < -0.39 is 5.97 Å². The smallest absolute Gasteiger partial charge is 0.339 e. The molecule has 0 spiro atoms. The fourth-order valence-corrected chi connectivity index (χ4v) is 1.83. The van der Waals surface area contributed by atoms with Gasteiger partial charge < -0.3 is 4.74 Å². The van der Waals surface area contributed by atoms with Crippen molar-refractivity contribution in [3.63, 3.8) is 0 Å². The minimum absolute atomic E-state index is 0.198. The molecule has 15 heavy (non-hydrogen) atoms. The first-order chi connectivity index (χ1) is 7.10. The van der Waals surface area contributed by atoms with Crippen LogP contribution < -0.4 is 0 Å². The third kappa shape index (κ3) is 2.79. The average Bonchev–Trinajstić information content (AvgIpc) is 2.18. The summed E-state index contributed by atoms with van der Waals surface area (Å²) in [7, 11) is 0. The third-order valence-corrected chi connectivity index (χ3v) is 2.71. The summed E-state index contributed by atoms with van der Waals surface area (Å²) in [5, 5.41) is 0.255. The summed E-state index contributed by atoms with van der Waals surface area (Å²) in [5.74, 6) is -0.530. The molecule has 1 rings (SSSR count). The number of rotatable bonds is 3. The van der Waals surface area contributed by atoms with E-state index in [0.29, 0.717) is 16.3 Å². The molecule has 1 aromatic carbocycles. The Bertz CT molecular complexity index is 404. The van der Waals surface area contributed by atoms with Crippen LogP contribution in [0.1, 0.15) is 27.6 Å². The summed E-state index contributed by atoms with van der Waals surface area (Å²) in [6.45, 7) is 1.97. The Morgan fingerprint density at radius 1 is 1.60 bits per heavy atom. The van der Waals surface area contributed by atoms with Gasteiger partial charge in [-0.3, -0.25) is 4.79 Å². The molecule has 0 aromatic heterocycles. The Morgan fingerprint density at radius 3 is 2.80 bits per heavy atom. The van der Waals surface area contributed by atoms with Gasteiger partial charge in [0.15, 0.2) is 6.29 Å². The van der Waals surface area contributed by atoms with Crippen LogP contribution in [0.4, 0.5) is 0 Å². The average molecular weight is 292 g/mol. The fourth-order valence-electron chi connectivity index (χ4n) is 1.02. The number of halogens is 2. The van der Waals surface area contributed by atoms with Crippen LogP contribution in [-0.2, 0) is 4.74 Å². The van der Waals surface area contributed by atoms with E-state index in [9.17, 15) is 9.59 Å². The maximum absolute atomic E-state index is 11.4. The van der Waals surface area contributed by atoms with E-state index in [1.807, 2.05) is 0 Å². The molecule has 1 aromatic rings. The molecular weight excluding hydrogens is 283 g/mol. The summed E-state index contributed by atoms with van der Waals surface area (Å²) in [6.07, 6.45) is 0.642. The van der Waals surface area contributed by atoms with Gasteiger partial charge >= 0.3 is 5.97 Å². The van der Waals surface area contributed by atoms with E-state index in [1.54, 1.807) is 6.92 Å². The molecule has 0 heterocycles. The highest BCUT2D eigenvalue weighted by Crippen LogP contribution is 2.25. The lowest BCUT2D eigenvalue weighted by Gasteiger charge is -2.05. The molecule has 80 valence electrons. The minimum atomic E-state index is -0.530. The predicted octanol–water partition coefficient (Wildman–Crippen LogP) is 3.09. The van der Waals surface area contributed by atoms with Gasteiger partial charge in [0.2, 0.25) is 0 Å². The van der Waals surface area contributed by atoms with Crippen molar-refractivity contribution in [2.75, 3.05) is 6.61 Å². The van der Waals surface area contributed by atoms with E-state index in [4.69, 9.17) is 16.3 Å². The highest BCUT2D eigenvalue weighted by Gasteiger charge is 2.14. The van der Waals surface area contributed by atoms with Gasteiger partial charge in [-0.25, -0.2) is 4.79 Å². The number of carbonyl (C=O) groups is 2. The second kappa shape index (κ2) is 5.28. The summed E-state index contributed by atoms with van der Waals surface area (Å²) < 4.78 is 5.34. The van der Waals surface area contributed by atoms with Gasteiger partial charge in [-0.15, -0.1) is 0 Å². The largest absolute Gasteiger partial charge is 0.462 e. The third-order valence-electron chi connectivity index (χ3n) is 1.71. The van der Waals surface area contributed by atoms with Crippen LogP contribution in [0.2, 0.25) is 5.02 Å². The van der Waals surface area contributed by atoms with Crippen LogP contribution in [0.15, 0.2) is 16.6 Å². The molecule has 0 fully saturated rings. The molecule has 0 radical (unpaired) electrons. The van der Waals surface area contributed by atoms with Gasteiger partial charge in [-0.05, 0) is 19.1 Å². The highest BCUT2D eigenvalue weighted by atomic mass is 79.9. The zero-order valence-electron chi connectivity index (χ0n) is 7.92. The zero-order valence-corrected chi connectivity index (χ0v) is 10.3. The molecule has 3 nitrogen and oxygen atoms in total. The minimum Gasteiger partial charge on any atom is -0.462 e. The highest BCUT2D eigenvalue weighted by molar-refractivity contribution is 9.10. The molecule has 0 atom stereocenters. The van der Waals surface area contributed by atoms with Crippen molar-refractivity contribution in [1.29, 1.82) is 0 Å². The summed E-state index contributed by atoms with van der Waals surface area (Å²) in [4.78, 5) is 22.1. The van der Waals surface area contributed by atoms with E-state index in [1.165, 1.54) is 12.1 Å². The van der Waals surface area contributed by atoms with Crippen LogP contribution in [0.3, 0.4) is 0 Å². The predicted molar refractivity (Wildman–Crippen MR) is 60.5 cm³/mol. The van der Waals surface area contributed by atoms with Crippen molar-refractivity contribution >= 4 is 39.8 Å². The summed E-state index contributed by atoms with van der Waals surface area (Å²) in [6, 6.07) is 2.90. The van der Waals surface area contributed by atoms with Gasteiger partial charge in [-0.1, -0.05) is 27.5 Å². The van der Waals surface area contributed by atoms with Gasteiger partial charge in [0, 0.05) is 10.0 Å². The van der Waals surface area contributed by atoms with Crippen molar-refractivity contribution in [2.24, 2.45) is 0 Å². The Kier molecular flexibility index (Phi) is 4.29. The number of hydrogen-bond donors (Lipinski definition) is 0. The lowest BCUT2D eigenvalue weighted by atomic mass is 10.1. The Hall–Kier alpha value is -0.870. The first-order valence-electron chi connectivity index (χ1n) is 4.21.